The first-order chi connectivity index (χ1) is 7.50. The van der Waals surface area contributed by atoms with Gasteiger partial charge in [-0.05, 0) is 34.5 Å². The topological polar surface area (TPSA) is 37.4 Å². The molecule has 0 saturated carbocycles. The standard InChI is InChI=1S/C10H13Br2NO2S/c1-13(8-4-7-11)16(14,15)10-6-3-2-5-9(10)12/h2-3,5-6H,4,7-8H2,1H3. The summed E-state index contributed by atoms with van der Waals surface area (Å²) in [6, 6.07) is 6.84. The van der Waals surface area contributed by atoms with Crippen molar-refractivity contribution in [2.75, 3.05) is 18.9 Å². The second-order valence-corrected chi connectivity index (χ2v) is 6.96. The third kappa shape index (κ3) is 3.29. The van der Waals surface area contributed by atoms with E-state index in [2.05, 4.69) is 31.9 Å². The Hall–Kier alpha value is 0.0900. The highest BCUT2D eigenvalue weighted by Crippen LogP contribution is 2.23. The van der Waals surface area contributed by atoms with Crippen molar-refractivity contribution < 1.29 is 8.42 Å². The summed E-state index contributed by atoms with van der Waals surface area (Å²) in [7, 11) is -1.78. The lowest BCUT2D eigenvalue weighted by molar-refractivity contribution is 0.469. The van der Waals surface area contributed by atoms with Crippen LogP contribution in [0.4, 0.5) is 0 Å². The smallest absolute Gasteiger partial charge is 0.207 e. The van der Waals surface area contributed by atoms with Crippen molar-refractivity contribution in [2.24, 2.45) is 0 Å². The fraction of sp³-hybridized carbons (Fsp3) is 0.400. The van der Waals surface area contributed by atoms with Crippen LogP contribution in [0.25, 0.3) is 0 Å². The van der Waals surface area contributed by atoms with Gasteiger partial charge in [0.2, 0.25) is 10.0 Å². The van der Waals surface area contributed by atoms with Crippen LogP contribution in [-0.4, -0.2) is 31.6 Å². The molecule has 90 valence electrons. The zero-order valence-corrected chi connectivity index (χ0v) is 12.8. The molecule has 6 heteroatoms. The second-order valence-electron chi connectivity index (χ2n) is 3.30. The molecule has 0 aliphatic rings. The summed E-state index contributed by atoms with van der Waals surface area (Å²) >= 11 is 6.54. The van der Waals surface area contributed by atoms with Gasteiger partial charge < -0.3 is 0 Å². The summed E-state index contributed by atoms with van der Waals surface area (Å²) in [5.74, 6) is 0. The van der Waals surface area contributed by atoms with E-state index >= 15 is 0 Å². The van der Waals surface area contributed by atoms with Crippen molar-refractivity contribution in [1.82, 2.24) is 4.31 Å². The molecule has 0 heterocycles. The maximum atomic E-state index is 12.1. The van der Waals surface area contributed by atoms with Crippen molar-refractivity contribution in [3.8, 4) is 0 Å². The molecule has 0 atom stereocenters. The maximum Gasteiger partial charge on any atom is 0.243 e. The van der Waals surface area contributed by atoms with E-state index in [0.29, 0.717) is 15.9 Å². The van der Waals surface area contributed by atoms with Gasteiger partial charge in [0, 0.05) is 23.4 Å². The van der Waals surface area contributed by atoms with E-state index in [-0.39, 0.29) is 0 Å². The molecule has 1 aromatic rings. The van der Waals surface area contributed by atoms with Crippen LogP contribution in [0.2, 0.25) is 0 Å². The largest absolute Gasteiger partial charge is 0.243 e. The molecule has 0 aliphatic carbocycles. The van der Waals surface area contributed by atoms with Gasteiger partial charge in [-0.25, -0.2) is 12.7 Å². The SMILES string of the molecule is CN(CCCBr)S(=O)(=O)c1ccccc1Br. The Kier molecular flexibility index (Phi) is 5.43. The zero-order chi connectivity index (χ0) is 12.2. The van der Waals surface area contributed by atoms with Gasteiger partial charge in [-0.3, -0.25) is 0 Å². The molecule has 0 amide bonds. The molecule has 0 aromatic heterocycles. The van der Waals surface area contributed by atoms with Gasteiger partial charge in [-0.2, -0.15) is 0 Å². The molecule has 16 heavy (non-hydrogen) atoms. The number of nitrogens with zero attached hydrogens (tertiary/aromatic N) is 1. The first-order valence-corrected chi connectivity index (χ1v) is 8.12. The van der Waals surface area contributed by atoms with Gasteiger partial charge in [-0.15, -0.1) is 0 Å². The Balaban J connectivity index is 2.98. The van der Waals surface area contributed by atoms with E-state index in [1.54, 1.807) is 31.3 Å². The fourth-order valence-corrected chi connectivity index (χ4v) is 3.64. The van der Waals surface area contributed by atoms with Crippen molar-refractivity contribution in [2.45, 2.75) is 11.3 Å². The average Bonchev–Trinajstić information content (AvgIpc) is 2.26. The van der Waals surface area contributed by atoms with Gasteiger partial charge in [0.05, 0.1) is 4.90 Å². The molecule has 0 aliphatic heterocycles. The summed E-state index contributed by atoms with van der Waals surface area (Å²) in [5.41, 5.74) is 0. The summed E-state index contributed by atoms with van der Waals surface area (Å²) in [4.78, 5) is 0.312. The van der Waals surface area contributed by atoms with Gasteiger partial charge in [-0.1, -0.05) is 28.1 Å². The summed E-state index contributed by atoms with van der Waals surface area (Å²) in [5, 5.41) is 0.794. The molecule has 0 radical (unpaired) electrons. The molecule has 0 spiro atoms. The molecule has 0 N–H and O–H groups in total. The molecule has 0 fully saturated rings. The molecule has 1 aromatic carbocycles. The molecule has 0 unspecified atom stereocenters. The number of hydrogen-bond acceptors (Lipinski definition) is 2. The fourth-order valence-electron chi connectivity index (χ4n) is 1.22. The van der Waals surface area contributed by atoms with Crippen molar-refractivity contribution >= 4 is 41.9 Å². The normalized spacial score (nSPS) is 12.0. The van der Waals surface area contributed by atoms with Crippen molar-refractivity contribution in [3.63, 3.8) is 0 Å². The minimum absolute atomic E-state index is 0.312. The van der Waals surface area contributed by atoms with Crippen LogP contribution < -0.4 is 0 Å². The van der Waals surface area contributed by atoms with Crippen LogP contribution >= 0.6 is 31.9 Å². The van der Waals surface area contributed by atoms with Crippen LogP contribution in [-0.2, 0) is 10.0 Å². The molecule has 3 nitrogen and oxygen atoms in total. The lowest BCUT2D eigenvalue weighted by Gasteiger charge is -2.17. The number of sulfonamides is 1. The first-order valence-electron chi connectivity index (χ1n) is 4.77. The quantitative estimate of drug-likeness (QED) is 0.747. The van der Waals surface area contributed by atoms with Crippen LogP contribution in [0.3, 0.4) is 0 Å². The van der Waals surface area contributed by atoms with E-state index in [1.165, 1.54) is 4.31 Å². The number of alkyl halides is 1. The van der Waals surface area contributed by atoms with Crippen LogP contribution in [0.15, 0.2) is 33.6 Å². The third-order valence-corrected chi connectivity index (χ3v) is 5.56. The first kappa shape index (κ1) is 14.2. The monoisotopic (exact) mass is 369 g/mol. The van der Waals surface area contributed by atoms with Gasteiger partial charge in [0.25, 0.3) is 0 Å². The van der Waals surface area contributed by atoms with E-state index in [9.17, 15) is 8.42 Å². The third-order valence-electron chi connectivity index (χ3n) is 2.13. The summed E-state index contributed by atoms with van der Waals surface area (Å²) < 4.78 is 26.2. The van der Waals surface area contributed by atoms with E-state index in [1.807, 2.05) is 0 Å². The highest BCUT2D eigenvalue weighted by atomic mass is 79.9. The maximum absolute atomic E-state index is 12.1. The second kappa shape index (κ2) is 6.14. The number of benzene rings is 1. The van der Waals surface area contributed by atoms with Crippen molar-refractivity contribution in [1.29, 1.82) is 0 Å². The highest BCUT2D eigenvalue weighted by Gasteiger charge is 2.22. The summed E-state index contributed by atoms with van der Waals surface area (Å²) in [6.07, 6.45) is 0.792. The Morgan fingerprint density at radius 2 is 1.94 bits per heavy atom. The van der Waals surface area contributed by atoms with E-state index < -0.39 is 10.0 Å². The van der Waals surface area contributed by atoms with Crippen molar-refractivity contribution in [3.05, 3.63) is 28.7 Å². The number of rotatable bonds is 5. The molecular weight excluding hydrogens is 358 g/mol. The Morgan fingerprint density at radius 1 is 1.31 bits per heavy atom. The van der Waals surface area contributed by atoms with E-state index in [4.69, 9.17) is 0 Å². The Bertz CT molecular complexity index is 448. The van der Waals surface area contributed by atoms with Crippen LogP contribution in [0, 0.1) is 0 Å². The van der Waals surface area contributed by atoms with Gasteiger partial charge in [0.1, 0.15) is 0 Å². The van der Waals surface area contributed by atoms with E-state index in [0.717, 1.165) is 11.8 Å². The van der Waals surface area contributed by atoms with Crippen LogP contribution in [0.5, 0.6) is 0 Å². The molecule has 0 bridgehead atoms. The number of halogens is 2. The molecule has 0 saturated heterocycles. The number of hydrogen-bond donors (Lipinski definition) is 0. The van der Waals surface area contributed by atoms with Gasteiger partial charge >= 0.3 is 0 Å². The van der Waals surface area contributed by atoms with Gasteiger partial charge in [0.15, 0.2) is 0 Å². The zero-order valence-electron chi connectivity index (χ0n) is 8.86. The molecule has 1 rings (SSSR count). The van der Waals surface area contributed by atoms with Crippen LogP contribution in [0.1, 0.15) is 6.42 Å². The molecular formula is C10H13Br2NO2S. The summed E-state index contributed by atoms with van der Waals surface area (Å²) in [6.45, 7) is 0.509. The highest BCUT2D eigenvalue weighted by molar-refractivity contribution is 9.10. The Labute approximate surface area is 113 Å². The lowest BCUT2D eigenvalue weighted by Crippen LogP contribution is -2.28. The predicted octanol–water partition coefficient (Wildman–Crippen LogP) is 2.85. The lowest BCUT2D eigenvalue weighted by atomic mass is 10.4. The minimum Gasteiger partial charge on any atom is -0.207 e. The predicted molar refractivity (Wildman–Crippen MR) is 72.4 cm³/mol. The Morgan fingerprint density at radius 3 is 2.50 bits per heavy atom. The minimum atomic E-state index is -3.38. The average molecular weight is 371 g/mol.